The maximum absolute atomic E-state index is 11.2. The molecule has 6 heteroatoms. The van der Waals surface area contributed by atoms with E-state index >= 15 is 0 Å². The van der Waals surface area contributed by atoms with Crippen LogP contribution in [0.2, 0.25) is 0 Å². The number of sulfonamides is 1. The Morgan fingerprint density at radius 3 is 2.29 bits per heavy atom. The first-order chi connectivity index (χ1) is 6.60. The Morgan fingerprint density at radius 1 is 1.29 bits per heavy atom. The molecule has 72 valence electrons. The van der Waals surface area contributed by atoms with Gasteiger partial charge in [0.25, 0.3) is 10.0 Å². The molecule has 1 rings (SSSR count). The van der Waals surface area contributed by atoms with Crippen LogP contribution in [-0.4, -0.2) is 14.8 Å². The normalized spacial score (nSPS) is 10.2. The van der Waals surface area contributed by atoms with Crippen molar-refractivity contribution in [1.82, 2.24) is 4.72 Å². The summed E-state index contributed by atoms with van der Waals surface area (Å²) in [7, 11) is -3.76. The highest BCUT2D eigenvalue weighted by Gasteiger charge is 2.11. The van der Waals surface area contributed by atoms with E-state index < -0.39 is 10.0 Å². The summed E-state index contributed by atoms with van der Waals surface area (Å²) in [5, 5.41) is 8.46. The van der Waals surface area contributed by atoms with E-state index in [2.05, 4.69) is 0 Å². The van der Waals surface area contributed by atoms with Gasteiger partial charge in [0.2, 0.25) is 6.41 Å². The van der Waals surface area contributed by atoms with E-state index in [0.717, 1.165) is 0 Å². The molecule has 1 aromatic rings. The average Bonchev–Trinajstić information content (AvgIpc) is 2.18. The summed E-state index contributed by atoms with van der Waals surface area (Å²) >= 11 is 0. The molecule has 0 saturated heterocycles. The molecule has 0 atom stereocenters. The van der Waals surface area contributed by atoms with Crippen LogP contribution in [0.1, 0.15) is 5.56 Å². The van der Waals surface area contributed by atoms with Crippen LogP contribution in [0, 0.1) is 11.3 Å². The largest absolute Gasteiger partial charge is 0.278 e. The topological polar surface area (TPSA) is 87.0 Å². The number of nitriles is 1. The summed E-state index contributed by atoms with van der Waals surface area (Å²) in [6, 6.07) is 7.08. The molecule has 1 N–H and O–H groups in total. The van der Waals surface area contributed by atoms with Crippen LogP contribution in [0.3, 0.4) is 0 Å². The van der Waals surface area contributed by atoms with Crippen molar-refractivity contribution in [2.45, 2.75) is 4.90 Å². The molecule has 5 nitrogen and oxygen atoms in total. The average molecular weight is 210 g/mol. The van der Waals surface area contributed by atoms with Crippen LogP contribution in [0.4, 0.5) is 0 Å². The minimum atomic E-state index is -3.76. The Balaban J connectivity index is 3.11. The molecular weight excluding hydrogens is 204 g/mol. The molecule has 0 aliphatic carbocycles. The first-order valence-corrected chi connectivity index (χ1v) is 5.04. The second-order valence-electron chi connectivity index (χ2n) is 2.38. The molecule has 14 heavy (non-hydrogen) atoms. The smallest absolute Gasteiger partial charge is 0.263 e. The lowest BCUT2D eigenvalue weighted by Gasteiger charge is -2.00. The number of benzene rings is 1. The summed E-state index contributed by atoms with van der Waals surface area (Å²) < 4.78 is 24.1. The molecule has 1 amide bonds. The molecule has 0 spiro atoms. The van der Waals surface area contributed by atoms with Gasteiger partial charge in [-0.05, 0) is 24.3 Å². The fourth-order valence-electron chi connectivity index (χ4n) is 0.840. The summed E-state index contributed by atoms with van der Waals surface area (Å²) in [5.74, 6) is 0. The summed E-state index contributed by atoms with van der Waals surface area (Å²) in [6.07, 6.45) is 0.0908. The number of amides is 1. The lowest BCUT2D eigenvalue weighted by Crippen LogP contribution is -2.21. The quantitative estimate of drug-likeness (QED) is 0.711. The number of nitrogens with zero attached hydrogens (tertiary/aromatic N) is 1. The van der Waals surface area contributed by atoms with Crippen LogP contribution in [0.5, 0.6) is 0 Å². The van der Waals surface area contributed by atoms with E-state index in [1.165, 1.54) is 24.3 Å². The van der Waals surface area contributed by atoms with Gasteiger partial charge in [-0.3, -0.25) is 9.52 Å². The first kappa shape index (κ1) is 10.2. The second-order valence-corrected chi connectivity index (χ2v) is 4.09. The van der Waals surface area contributed by atoms with Gasteiger partial charge in [-0.25, -0.2) is 8.42 Å². The molecule has 0 fully saturated rings. The van der Waals surface area contributed by atoms with Gasteiger partial charge in [0, 0.05) is 0 Å². The molecule has 0 radical (unpaired) electrons. The monoisotopic (exact) mass is 210 g/mol. The van der Waals surface area contributed by atoms with Crippen molar-refractivity contribution in [2.24, 2.45) is 0 Å². The van der Waals surface area contributed by atoms with Crippen LogP contribution in [-0.2, 0) is 14.8 Å². The highest BCUT2D eigenvalue weighted by atomic mass is 32.2. The third kappa shape index (κ3) is 2.08. The third-order valence-corrected chi connectivity index (χ3v) is 2.80. The highest BCUT2D eigenvalue weighted by molar-refractivity contribution is 7.90. The van der Waals surface area contributed by atoms with Crippen molar-refractivity contribution in [3.8, 4) is 6.07 Å². The highest BCUT2D eigenvalue weighted by Crippen LogP contribution is 2.08. The zero-order chi connectivity index (χ0) is 10.6. The molecule has 0 bridgehead atoms. The Bertz CT molecular complexity index is 470. The van der Waals surface area contributed by atoms with E-state index in [0.29, 0.717) is 5.56 Å². The second kappa shape index (κ2) is 3.89. The molecule has 0 aliphatic heterocycles. The predicted molar refractivity (Wildman–Crippen MR) is 47.5 cm³/mol. The number of hydrogen-bond donors (Lipinski definition) is 1. The summed E-state index contributed by atoms with van der Waals surface area (Å²) in [4.78, 5) is 9.92. The zero-order valence-electron chi connectivity index (χ0n) is 6.97. The van der Waals surface area contributed by atoms with Gasteiger partial charge >= 0.3 is 0 Å². The van der Waals surface area contributed by atoms with E-state index in [1.807, 2.05) is 6.07 Å². The van der Waals surface area contributed by atoms with Gasteiger partial charge in [0.05, 0.1) is 16.5 Å². The SMILES string of the molecule is N#Cc1ccc(S(=O)(=O)NC=O)cc1. The van der Waals surface area contributed by atoms with Gasteiger partial charge in [0.1, 0.15) is 0 Å². The Kier molecular flexibility index (Phi) is 2.84. The van der Waals surface area contributed by atoms with E-state index in [1.54, 1.807) is 4.72 Å². The Hall–Kier alpha value is -1.87. The van der Waals surface area contributed by atoms with Crippen LogP contribution < -0.4 is 4.72 Å². The zero-order valence-corrected chi connectivity index (χ0v) is 7.78. The number of rotatable bonds is 3. The van der Waals surface area contributed by atoms with E-state index in [-0.39, 0.29) is 11.3 Å². The number of hydrogen-bond acceptors (Lipinski definition) is 4. The summed E-state index contributed by atoms with van der Waals surface area (Å²) in [6.45, 7) is 0. The van der Waals surface area contributed by atoms with E-state index in [4.69, 9.17) is 5.26 Å². The molecule has 0 heterocycles. The van der Waals surface area contributed by atoms with Crippen molar-refractivity contribution in [2.75, 3.05) is 0 Å². The van der Waals surface area contributed by atoms with Crippen LogP contribution >= 0.6 is 0 Å². The number of carbonyl (C=O) groups excluding carboxylic acids is 1. The van der Waals surface area contributed by atoms with Gasteiger partial charge in [-0.15, -0.1) is 0 Å². The lowest BCUT2D eigenvalue weighted by molar-refractivity contribution is -0.108. The van der Waals surface area contributed by atoms with Crippen molar-refractivity contribution >= 4 is 16.4 Å². The fraction of sp³-hybridized carbons (Fsp3) is 0. The minimum Gasteiger partial charge on any atom is -0.278 e. The van der Waals surface area contributed by atoms with Crippen molar-refractivity contribution in [1.29, 1.82) is 5.26 Å². The van der Waals surface area contributed by atoms with Gasteiger partial charge < -0.3 is 0 Å². The Labute approximate surface area is 81.0 Å². The van der Waals surface area contributed by atoms with Crippen LogP contribution in [0.15, 0.2) is 29.2 Å². The molecular formula is C8H6N2O3S. The van der Waals surface area contributed by atoms with Crippen molar-refractivity contribution in [3.05, 3.63) is 29.8 Å². The maximum Gasteiger partial charge on any atom is 0.263 e. The van der Waals surface area contributed by atoms with Gasteiger partial charge in [-0.2, -0.15) is 5.26 Å². The number of carbonyl (C=O) groups is 1. The summed E-state index contributed by atoms with van der Waals surface area (Å²) in [5.41, 5.74) is 0.357. The third-order valence-electron chi connectivity index (χ3n) is 1.50. The van der Waals surface area contributed by atoms with Gasteiger partial charge in [0.15, 0.2) is 0 Å². The number of nitrogens with one attached hydrogen (secondary N) is 1. The van der Waals surface area contributed by atoms with Crippen molar-refractivity contribution in [3.63, 3.8) is 0 Å². The standard InChI is InChI=1S/C8H6N2O3S/c9-5-7-1-3-8(4-2-7)14(12,13)10-6-11/h1-4,6H,(H,10,11). The molecule has 0 unspecified atom stereocenters. The Morgan fingerprint density at radius 2 is 1.86 bits per heavy atom. The van der Waals surface area contributed by atoms with Gasteiger partial charge in [-0.1, -0.05) is 0 Å². The molecule has 1 aromatic carbocycles. The molecule has 0 aliphatic rings. The minimum absolute atomic E-state index is 0.0522. The van der Waals surface area contributed by atoms with Crippen molar-refractivity contribution < 1.29 is 13.2 Å². The first-order valence-electron chi connectivity index (χ1n) is 3.56. The van der Waals surface area contributed by atoms with E-state index in [9.17, 15) is 13.2 Å². The molecule has 0 saturated carbocycles. The van der Waals surface area contributed by atoms with Crippen LogP contribution in [0.25, 0.3) is 0 Å². The lowest BCUT2D eigenvalue weighted by atomic mass is 10.2. The molecule has 0 aromatic heterocycles. The predicted octanol–water partition coefficient (Wildman–Crippen LogP) is -0.00702. The fourth-order valence-corrected chi connectivity index (χ4v) is 1.60. The maximum atomic E-state index is 11.2.